The van der Waals surface area contributed by atoms with E-state index in [4.69, 9.17) is 12.2 Å². The van der Waals surface area contributed by atoms with Gasteiger partial charge in [-0.15, -0.1) is 0 Å². The van der Waals surface area contributed by atoms with Crippen molar-refractivity contribution in [3.63, 3.8) is 0 Å². The Balaban J connectivity index is 1.84. The molecule has 0 amide bonds. The van der Waals surface area contributed by atoms with Crippen LogP contribution in [0.2, 0.25) is 0 Å². The van der Waals surface area contributed by atoms with Gasteiger partial charge in [0.15, 0.2) is 5.11 Å². The van der Waals surface area contributed by atoms with E-state index >= 15 is 0 Å². The zero-order chi connectivity index (χ0) is 18.9. The highest BCUT2D eigenvalue weighted by molar-refractivity contribution is 7.80. The predicted molar refractivity (Wildman–Crippen MR) is 105 cm³/mol. The molecular formula is C19H23F2N3OS. The molecule has 0 aromatic heterocycles. The second-order valence-corrected chi connectivity index (χ2v) is 6.45. The normalized spacial score (nSPS) is 12.1. The number of thiocarbonyl (C=S) groups is 1. The van der Waals surface area contributed by atoms with E-state index in [0.29, 0.717) is 17.3 Å². The van der Waals surface area contributed by atoms with Crippen LogP contribution in [0.4, 0.5) is 14.5 Å². The lowest BCUT2D eigenvalue weighted by atomic mass is 10.1. The van der Waals surface area contributed by atoms with E-state index < -0.39 is 6.61 Å². The lowest BCUT2D eigenvalue weighted by molar-refractivity contribution is -0.0498. The SMILES string of the molecule is CN(C)[C@H](CNC(=S)Nc1ccc(OC(F)F)cc1)Cc1ccccc1. The third-order valence-electron chi connectivity index (χ3n) is 3.88. The van der Waals surface area contributed by atoms with Crippen LogP contribution in [0.15, 0.2) is 54.6 Å². The van der Waals surface area contributed by atoms with Crippen LogP contribution in [0, 0.1) is 0 Å². The van der Waals surface area contributed by atoms with Crippen molar-refractivity contribution in [1.29, 1.82) is 0 Å². The Morgan fingerprint density at radius 2 is 1.73 bits per heavy atom. The summed E-state index contributed by atoms with van der Waals surface area (Å²) in [6, 6.07) is 16.8. The number of nitrogens with one attached hydrogen (secondary N) is 2. The maximum absolute atomic E-state index is 12.2. The maximum atomic E-state index is 12.2. The van der Waals surface area contributed by atoms with Crippen molar-refractivity contribution in [1.82, 2.24) is 10.2 Å². The Morgan fingerprint density at radius 3 is 2.31 bits per heavy atom. The molecule has 0 saturated heterocycles. The van der Waals surface area contributed by atoms with Crippen molar-refractivity contribution in [2.24, 2.45) is 0 Å². The lowest BCUT2D eigenvalue weighted by Gasteiger charge is -2.25. The number of halogens is 2. The molecule has 0 aliphatic carbocycles. The zero-order valence-corrected chi connectivity index (χ0v) is 15.6. The van der Waals surface area contributed by atoms with E-state index in [-0.39, 0.29) is 11.8 Å². The van der Waals surface area contributed by atoms with Gasteiger partial charge in [0.2, 0.25) is 0 Å². The van der Waals surface area contributed by atoms with Crippen LogP contribution in [-0.4, -0.2) is 43.3 Å². The molecule has 2 aromatic rings. The molecule has 0 fully saturated rings. The first-order valence-electron chi connectivity index (χ1n) is 8.24. The summed E-state index contributed by atoms with van der Waals surface area (Å²) in [4.78, 5) is 2.15. The summed E-state index contributed by atoms with van der Waals surface area (Å²) in [5.74, 6) is 0.111. The van der Waals surface area contributed by atoms with Crippen molar-refractivity contribution in [3.05, 3.63) is 60.2 Å². The summed E-state index contributed by atoms with van der Waals surface area (Å²) < 4.78 is 28.6. The zero-order valence-electron chi connectivity index (χ0n) is 14.8. The molecule has 1 atom stereocenters. The Kier molecular flexibility index (Phi) is 7.74. The number of likely N-dealkylation sites (N-methyl/N-ethyl adjacent to an activating group) is 1. The number of anilines is 1. The van der Waals surface area contributed by atoms with Gasteiger partial charge in [-0.1, -0.05) is 30.3 Å². The molecule has 0 radical (unpaired) electrons. The van der Waals surface area contributed by atoms with E-state index in [9.17, 15) is 8.78 Å². The molecule has 140 valence electrons. The van der Waals surface area contributed by atoms with Crippen LogP contribution in [-0.2, 0) is 6.42 Å². The van der Waals surface area contributed by atoms with E-state index in [1.807, 2.05) is 32.3 Å². The Labute approximate surface area is 158 Å². The first-order chi connectivity index (χ1) is 12.4. The average Bonchev–Trinajstić information content (AvgIpc) is 2.60. The summed E-state index contributed by atoms with van der Waals surface area (Å²) in [5, 5.41) is 6.73. The van der Waals surface area contributed by atoms with Gasteiger partial charge < -0.3 is 20.3 Å². The molecule has 0 aliphatic heterocycles. The number of benzene rings is 2. The Hall–Kier alpha value is -2.25. The minimum Gasteiger partial charge on any atom is -0.435 e. The van der Waals surface area contributed by atoms with Crippen LogP contribution in [0.1, 0.15) is 5.56 Å². The molecule has 2 N–H and O–H groups in total. The lowest BCUT2D eigenvalue weighted by Crippen LogP contribution is -2.42. The summed E-state index contributed by atoms with van der Waals surface area (Å²) >= 11 is 5.32. The first-order valence-corrected chi connectivity index (χ1v) is 8.65. The monoisotopic (exact) mass is 379 g/mol. The second kappa shape index (κ2) is 10.0. The highest BCUT2D eigenvalue weighted by atomic mass is 32.1. The van der Waals surface area contributed by atoms with E-state index in [1.165, 1.54) is 17.7 Å². The fourth-order valence-corrected chi connectivity index (χ4v) is 2.63. The predicted octanol–water partition coefficient (Wildman–Crippen LogP) is 3.75. The first kappa shape index (κ1) is 20.1. The molecule has 0 unspecified atom stereocenters. The molecular weight excluding hydrogens is 356 g/mol. The van der Waals surface area contributed by atoms with Crippen LogP contribution in [0.25, 0.3) is 0 Å². The maximum Gasteiger partial charge on any atom is 0.387 e. The molecule has 0 heterocycles. The van der Waals surface area contributed by atoms with Gasteiger partial charge in [-0.05, 0) is 62.6 Å². The molecule has 2 aromatic carbocycles. The molecule has 0 saturated carbocycles. The third kappa shape index (κ3) is 6.93. The van der Waals surface area contributed by atoms with Crippen LogP contribution < -0.4 is 15.4 Å². The number of hydrogen-bond donors (Lipinski definition) is 2. The van der Waals surface area contributed by atoms with Gasteiger partial charge in [-0.25, -0.2) is 0 Å². The molecule has 2 rings (SSSR count). The third-order valence-corrected chi connectivity index (χ3v) is 4.13. The van der Waals surface area contributed by atoms with Crippen molar-refractivity contribution in [3.8, 4) is 5.75 Å². The number of ether oxygens (including phenoxy) is 1. The molecule has 7 heteroatoms. The highest BCUT2D eigenvalue weighted by Crippen LogP contribution is 2.17. The highest BCUT2D eigenvalue weighted by Gasteiger charge is 2.13. The minimum atomic E-state index is -2.83. The van der Waals surface area contributed by atoms with E-state index in [1.54, 1.807) is 12.1 Å². The molecule has 26 heavy (non-hydrogen) atoms. The summed E-state index contributed by atoms with van der Waals surface area (Å²) in [7, 11) is 4.07. The van der Waals surface area contributed by atoms with Gasteiger partial charge in [0.1, 0.15) is 5.75 Å². The number of hydrogen-bond acceptors (Lipinski definition) is 3. The quantitative estimate of drug-likeness (QED) is 0.684. The smallest absolute Gasteiger partial charge is 0.387 e. The average molecular weight is 379 g/mol. The molecule has 0 spiro atoms. The van der Waals surface area contributed by atoms with Gasteiger partial charge >= 0.3 is 6.61 Å². The molecule has 0 bridgehead atoms. The largest absolute Gasteiger partial charge is 0.435 e. The standard InChI is InChI=1S/C19H23F2N3OS/c1-24(2)16(12-14-6-4-3-5-7-14)13-22-19(26)23-15-8-10-17(11-9-15)25-18(20)21/h3-11,16,18H,12-13H2,1-2H3,(H2,22,23,26)/t16-/m0/s1. The fourth-order valence-electron chi connectivity index (χ4n) is 2.43. The van der Waals surface area contributed by atoms with Gasteiger partial charge in [0, 0.05) is 18.3 Å². The van der Waals surface area contributed by atoms with E-state index in [0.717, 1.165) is 6.42 Å². The van der Waals surface area contributed by atoms with Gasteiger partial charge in [-0.2, -0.15) is 8.78 Å². The van der Waals surface area contributed by atoms with Crippen molar-refractivity contribution >= 4 is 23.0 Å². The van der Waals surface area contributed by atoms with Crippen molar-refractivity contribution in [2.45, 2.75) is 19.1 Å². The van der Waals surface area contributed by atoms with Gasteiger partial charge in [0.25, 0.3) is 0 Å². The van der Waals surface area contributed by atoms with Gasteiger partial charge in [0.05, 0.1) is 0 Å². The van der Waals surface area contributed by atoms with Crippen molar-refractivity contribution in [2.75, 3.05) is 26.0 Å². The Bertz CT molecular complexity index is 681. The van der Waals surface area contributed by atoms with Crippen LogP contribution >= 0.6 is 12.2 Å². The number of rotatable bonds is 8. The molecule has 0 aliphatic rings. The van der Waals surface area contributed by atoms with Gasteiger partial charge in [-0.3, -0.25) is 0 Å². The molecule has 4 nitrogen and oxygen atoms in total. The van der Waals surface area contributed by atoms with Crippen molar-refractivity contribution < 1.29 is 13.5 Å². The van der Waals surface area contributed by atoms with Crippen LogP contribution in [0.3, 0.4) is 0 Å². The summed E-state index contributed by atoms with van der Waals surface area (Å²) in [6.45, 7) is -2.15. The second-order valence-electron chi connectivity index (χ2n) is 6.05. The fraction of sp³-hybridized carbons (Fsp3) is 0.316. The Morgan fingerprint density at radius 1 is 1.08 bits per heavy atom. The number of nitrogens with zero attached hydrogens (tertiary/aromatic N) is 1. The summed E-state index contributed by atoms with van der Waals surface area (Å²) in [5.41, 5.74) is 1.97. The summed E-state index contributed by atoms with van der Waals surface area (Å²) in [6.07, 6.45) is 0.906. The topological polar surface area (TPSA) is 36.5 Å². The minimum absolute atomic E-state index is 0.111. The van der Waals surface area contributed by atoms with E-state index in [2.05, 4.69) is 32.4 Å². The van der Waals surface area contributed by atoms with Crippen LogP contribution in [0.5, 0.6) is 5.75 Å². The number of alkyl halides is 2.